The van der Waals surface area contributed by atoms with Gasteiger partial charge in [-0.1, -0.05) is 87.6 Å². The van der Waals surface area contributed by atoms with Gasteiger partial charge in [-0.2, -0.15) is 5.26 Å². The molecular formula is C34H33N3. The average Bonchev–Trinajstić information content (AvgIpc) is 2.93. The molecule has 6 rings (SSSR count). The van der Waals surface area contributed by atoms with Gasteiger partial charge < -0.3 is 4.90 Å². The Morgan fingerprint density at radius 2 is 1.89 bits per heavy atom. The molecule has 37 heavy (non-hydrogen) atoms. The summed E-state index contributed by atoms with van der Waals surface area (Å²) < 4.78 is 0. The summed E-state index contributed by atoms with van der Waals surface area (Å²) in [4.78, 5) is 6.89. The highest BCUT2D eigenvalue weighted by molar-refractivity contribution is 5.74. The van der Waals surface area contributed by atoms with Crippen LogP contribution in [-0.4, -0.2) is 4.98 Å². The largest absolute Gasteiger partial charge is 0.317 e. The molecule has 0 bridgehead atoms. The van der Waals surface area contributed by atoms with Gasteiger partial charge in [0.25, 0.3) is 0 Å². The van der Waals surface area contributed by atoms with Gasteiger partial charge >= 0.3 is 0 Å². The molecule has 2 unspecified atom stereocenters. The average molecular weight is 484 g/mol. The molecule has 2 atom stereocenters. The van der Waals surface area contributed by atoms with Crippen molar-refractivity contribution in [2.24, 2.45) is 5.92 Å². The third-order valence-corrected chi connectivity index (χ3v) is 8.33. The molecule has 4 aliphatic rings. The van der Waals surface area contributed by atoms with Crippen molar-refractivity contribution in [3.05, 3.63) is 130 Å². The third-order valence-electron chi connectivity index (χ3n) is 8.33. The molecule has 0 saturated heterocycles. The smallest absolute Gasteiger partial charge is 0.140 e. The molecule has 0 N–H and O–H groups in total. The minimum Gasteiger partial charge on any atom is -0.317 e. The second-order valence-corrected chi connectivity index (χ2v) is 11.1. The number of aromatic nitrogens is 1. The van der Waals surface area contributed by atoms with Crippen LogP contribution in [0.15, 0.2) is 113 Å². The molecular weight excluding hydrogens is 450 g/mol. The molecule has 3 nitrogen and oxygen atoms in total. The summed E-state index contributed by atoms with van der Waals surface area (Å²) in [6, 6.07) is 14.9. The quantitative estimate of drug-likeness (QED) is 0.442. The normalized spacial score (nSPS) is 23.9. The minimum atomic E-state index is -0.0172. The number of hydrogen-bond donors (Lipinski definition) is 0. The SMILES string of the molecule is CC1C=CC2=C(C1)N(C1=C(C3=CCC(c4ccc(C#N)nc4)C=C3)C=CCC1)c1ccccc1C2(C)C. The van der Waals surface area contributed by atoms with Crippen molar-refractivity contribution < 1.29 is 0 Å². The fourth-order valence-electron chi connectivity index (χ4n) is 6.32. The molecule has 1 aliphatic heterocycles. The molecule has 0 amide bonds. The standard InChI is InChI=1S/C34H33N3/c1-23-12-19-30-33(20-23)37(32-11-7-5-9-29(32)34(30,2)3)31-10-6-4-8-28(31)25-15-13-24(14-16-25)26-17-18-27(21-35)36-22-26/h4-5,7-9,11-13,15-19,22-24H,6,10,14,20H2,1-3H3. The van der Waals surface area contributed by atoms with E-state index in [9.17, 15) is 0 Å². The van der Waals surface area contributed by atoms with Crippen LogP contribution < -0.4 is 4.90 Å². The molecule has 0 spiro atoms. The van der Waals surface area contributed by atoms with Gasteiger partial charge in [0.05, 0.1) is 0 Å². The monoisotopic (exact) mass is 483 g/mol. The molecule has 3 aliphatic carbocycles. The molecule has 2 heterocycles. The highest BCUT2D eigenvalue weighted by Crippen LogP contribution is 2.51. The predicted molar refractivity (Wildman–Crippen MR) is 151 cm³/mol. The lowest BCUT2D eigenvalue weighted by molar-refractivity contribution is 0.571. The Morgan fingerprint density at radius 3 is 2.65 bits per heavy atom. The number of nitrogens with zero attached hydrogens (tertiary/aromatic N) is 3. The van der Waals surface area contributed by atoms with Crippen LogP contribution in [0.1, 0.15) is 69.2 Å². The molecule has 184 valence electrons. The highest BCUT2D eigenvalue weighted by atomic mass is 15.2. The number of allylic oxidation sites excluding steroid dienone is 12. The van der Waals surface area contributed by atoms with Crippen molar-refractivity contribution in [3.63, 3.8) is 0 Å². The van der Waals surface area contributed by atoms with Gasteiger partial charge in [0.1, 0.15) is 11.8 Å². The van der Waals surface area contributed by atoms with Crippen molar-refractivity contribution in [1.82, 2.24) is 4.98 Å². The maximum absolute atomic E-state index is 9.07. The Kier molecular flexibility index (Phi) is 5.84. The van der Waals surface area contributed by atoms with E-state index in [1.807, 2.05) is 18.3 Å². The van der Waals surface area contributed by atoms with Crippen LogP contribution in [0.4, 0.5) is 5.69 Å². The number of rotatable bonds is 3. The van der Waals surface area contributed by atoms with E-state index in [2.05, 4.69) is 104 Å². The Hall–Kier alpha value is -3.90. The second kappa shape index (κ2) is 9.20. The summed E-state index contributed by atoms with van der Waals surface area (Å²) >= 11 is 0. The van der Waals surface area contributed by atoms with Crippen LogP contribution in [0.5, 0.6) is 0 Å². The summed E-state index contributed by atoms with van der Waals surface area (Å²) in [5.41, 5.74) is 11.3. The molecule has 0 fully saturated rings. The summed E-state index contributed by atoms with van der Waals surface area (Å²) in [6.07, 6.45) is 22.3. The van der Waals surface area contributed by atoms with Crippen molar-refractivity contribution in [2.75, 3.05) is 4.90 Å². The molecule has 2 aromatic rings. The van der Waals surface area contributed by atoms with Crippen molar-refractivity contribution >= 4 is 5.69 Å². The number of benzene rings is 1. The number of pyridine rings is 1. The molecule has 3 heteroatoms. The number of hydrogen-bond acceptors (Lipinski definition) is 3. The van der Waals surface area contributed by atoms with Crippen LogP contribution in [0.2, 0.25) is 0 Å². The lowest BCUT2D eigenvalue weighted by Crippen LogP contribution is -2.38. The van der Waals surface area contributed by atoms with E-state index in [1.54, 1.807) is 0 Å². The third kappa shape index (κ3) is 4.02. The van der Waals surface area contributed by atoms with Crippen molar-refractivity contribution in [2.45, 2.75) is 57.8 Å². The van der Waals surface area contributed by atoms with E-state index in [1.165, 1.54) is 39.4 Å². The van der Waals surface area contributed by atoms with Gasteiger partial charge in [-0.05, 0) is 66.0 Å². The van der Waals surface area contributed by atoms with Gasteiger partial charge in [-0.25, -0.2) is 4.98 Å². The zero-order valence-electron chi connectivity index (χ0n) is 21.9. The fourth-order valence-corrected chi connectivity index (χ4v) is 6.32. The van der Waals surface area contributed by atoms with Gasteiger partial charge in [-0.3, -0.25) is 0 Å². The van der Waals surface area contributed by atoms with E-state index in [0.29, 0.717) is 11.6 Å². The Morgan fingerprint density at radius 1 is 1.03 bits per heavy atom. The summed E-state index contributed by atoms with van der Waals surface area (Å²) in [6.45, 7) is 7.07. The molecule has 0 radical (unpaired) electrons. The van der Waals surface area contributed by atoms with Crippen molar-refractivity contribution in [1.29, 1.82) is 5.26 Å². The van der Waals surface area contributed by atoms with Gasteiger partial charge in [0, 0.05) is 40.2 Å². The molecule has 0 saturated carbocycles. The first-order chi connectivity index (χ1) is 18.0. The maximum Gasteiger partial charge on any atom is 0.140 e. The van der Waals surface area contributed by atoms with Crippen LogP contribution in [-0.2, 0) is 5.41 Å². The highest BCUT2D eigenvalue weighted by Gasteiger charge is 2.40. The number of para-hydroxylation sites is 1. The maximum atomic E-state index is 9.07. The Labute approximate surface area is 220 Å². The molecule has 1 aromatic carbocycles. The first-order valence-corrected chi connectivity index (χ1v) is 13.4. The van der Waals surface area contributed by atoms with Gasteiger partial charge in [0.15, 0.2) is 0 Å². The second-order valence-electron chi connectivity index (χ2n) is 11.1. The van der Waals surface area contributed by atoms with E-state index < -0.39 is 0 Å². The van der Waals surface area contributed by atoms with Gasteiger partial charge in [-0.15, -0.1) is 0 Å². The van der Waals surface area contributed by atoms with E-state index in [4.69, 9.17) is 5.26 Å². The number of anilines is 1. The van der Waals surface area contributed by atoms with Crippen LogP contribution in [0, 0.1) is 17.2 Å². The van der Waals surface area contributed by atoms with Crippen LogP contribution in [0.25, 0.3) is 0 Å². The van der Waals surface area contributed by atoms with Crippen molar-refractivity contribution in [3.8, 4) is 6.07 Å². The summed E-state index contributed by atoms with van der Waals surface area (Å²) in [5.74, 6) is 0.817. The Bertz CT molecular complexity index is 1470. The predicted octanol–water partition coefficient (Wildman–Crippen LogP) is 8.18. The lowest BCUT2D eigenvalue weighted by Gasteiger charge is -2.46. The zero-order chi connectivity index (χ0) is 25.6. The molecule has 1 aromatic heterocycles. The van der Waals surface area contributed by atoms with Crippen LogP contribution in [0.3, 0.4) is 0 Å². The fraction of sp³-hybridized carbons (Fsp3) is 0.294. The number of nitriles is 1. The topological polar surface area (TPSA) is 39.9 Å². The first-order valence-electron chi connectivity index (χ1n) is 13.4. The summed E-state index contributed by atoms with van der Waals surface area (Å²) in [5, 5.41) is 9.07. The minimum absolute atomic E-state index is 0.0172. The van der Waals surface area contributed by atoms with Crippen LogP contribution >= 0.6 is 0 Å². The lowest BCUT2D eigenvalue weighted by atomic mass is 9.70. The van der Waals surface area contributed by atoms with E-state index in [0.717, 1.165) is 31.2 Å². The zero-order valence-corrected chi connectivity index (χ0v) is 21.9. The Balaban J connectivity index is 1.42. The van der Waals surface area contributed by atoms with E-state index >= 15 is 0 Å². The first kappa shape index (κ1) is 23.5. The van der Waals surface area contributed by atoms with E-state index in [-0.39, 0.29) is 11.3 Å². The summed E-state index contributed by atoms with van der Waals surface area (Å²) in [7, 11) is 0. The number of fused-ring (bicyclic) bond motifs is 1. The van der Waals surface area contributed by atoms with Gasteiger partial charge in [0.2, 0.25) is 0 Å².